The molecule has 0 saturated carbocycles. The predicted molar refractivity (Wildman–Crippen MR) is 151 cm³/mol. The summed E-state index contributed by atoms with van der Waals surface area (Å²) >= 11 is 0. The van der Waals surface area contributed by atoms with Crippen molar-refractivity contribution in [3.05, 3.63) is 101 Å². The van der Waals surface area contributed by atoms with Crippen molar-refractivity contribution < 1.29 is 0 Å². The van der Waals surface area contributed by atoms with E-state index < -0.39 is 0 Å². The molecule has 2 aliphatic rings. The standard InChI is InChI=1S/C33H25N3/c1-20-4-8-25-29(14-20)31(18-34)26-9-7-23(15-30(26)32(25)19-35)5-6-24-16-27-21(2)10-12-36-13-11-22(3)28(17-24)33(27)36/h4-9,14-17H,2-3,10-13H2,1H3. The smallest absolute Gasteiger partial charge is 0.100 e. The van der Waals surface area contributed by atoms with Crippen LogP contribution in [0.2, 0.25) is 0 Å². The first-order valence-electron chi connectivity index (χ1n) is 12.3. The van der Waals surface area contributed by atoms with Crippen LogP contribution >= 0.6 is 0 Å². The van der Waals surface area contributed by atoms with Gasteiger partial charge in [0.1, 0.15) is 12.1 Å². The van der Waals surface area contributed by atoms with Gasteiger partial charge >= 0.3 is 0 Å². The highest BCUT2D eigenvalue weighted by Crippen LogP contribution is 2.44. The molecule has 0 amide bonds. The molecule has 6 rings (SSSR count). The topological polar surface area (TPSA) is 50.8 Å². The summed E-state index contributed by atoms with van der Waals surface area (Å²) in [4.78, 5) is 2.47. The highest BCUT2D eigenvalue weighted by molar-refractivity contribution is 6.10. The number of nitriles is 2. The Morgan fingerprint density at radius 1 is 0.722 bits per heavy atom. The Kier molecular flexibility index (Phi) is 5.03. The molecule has 2 aliphatic heterocycles. The molecule has 2 heterocycles. The van der Waals surface area contributed by atoms with Gasteiger partial charge in [0, 0.05) is 45.8 Å². The molecule has 0 N–H and O–H groups in total. The first kappa shape index (κ1) is 21.9. The maximum absolute atomic E-state index is 10.0. The van der Waals surface area contributed by atoms with E-state index in [0.29, 0.717) is 11.1 Å². The largest absolute Gasteiger partial charge is 0.370 e. The van der Waals surface area contributed by atoms with Gasteiger partial charge in [0.2, 0.25) is 0 Å². The zero-order valence-electron chi connectivity index (χ0n) is 20.4. The summed E-state index contributed by atoms with van der Waals surface area (Å²) in [6.45, 7) is 12.7. The number of anilines is 1. The molecule has 0 radical (unpaired) electrons. The lowest BCUT2D eigenvalue weighted by Gasteiger charge is -2.38. The molecule has 4 aromatic carbocycles. The number of hydrogen-bond acceptors (Lipinski definition) is 3. The van der Waals surface area contributed by atoms with Crippen molar-refractivity contribution >= 4 is 50.5 Å². The zero-order valence-corrected chi connectivity index (χ0v) is 20.4. The monoisotopic (exact) mass is 463 g/mol. The fourth-order valence-electron chi connectivity index (χ4n) is 5.67. The van der Waals surface area contributed by atoms with Crippen LogP contribution in [0.1, 0.15) is 51.8 Å². The van der Waals surface area contributed by atoms with E-state index in [9.17, 15) is 10.5 Å². The quantitative estimate of drug-likeness (QED) is 0.225. The number of aryl methyl sites for hydroxylation is 1. The van der Waals surface area contributed by atoms with E-state index in [2.05, 4.69) is 54.5 Å². The first-order valence-corrected chi connectivity index (χ1v) is 12.3. The second-order valence-electron chi connectivity index (χ2n) is 9.82. The molecule has 3 nitrogen and oxygen atoms in total. The summed E-state index contributed by atoms with van der Waals surface area (Å²) in [5.41, 5.74) is 10.5. The van der Waals surface area contributed by atoms with Crippen molar-refractivity contribution in [3.8, 4) is 12.1 Å². The maximum Gasteiger partial charge on any atom is 0.100 e. The Morgan fingerprint density at radius 2 is 1.28 bits per heavy atom. The Balaban J connectivity index is 1.48. The van der Waals surface area contributed by atoms with Gasteiger partial charge in [-0.1, -0.05) is 61.2 Å². The molecule has 0 bridgehead atoms. The lowest BCUT2D eigenvalue weighted by atomic mass is 9.86. The van der Waals surface area contributed by atoms with Crippen molar-refractivity contribution in [1.29, 1.82) is 10.5 Å². The number of nitrogens with zero attached hydrogens (tertiary/aromatic N) is 3. The molecule has 36 heavy (non-hydrogen) atoms. The fourth-order valence-corrected chi connectivity index (χ4v) is 5.67. The Morgan fingerprint density at radius 3 is 1.89 bits per heavy atom. The van der Waals surface area contributed by atoms with Crippen LogP contribution < -0.4 is 4.90 Å². The van der Waals surface area contributed by atoms with Gasteiger partial charge in [-0.25, -0.2) is 0 Å². The highest BCUT2D eigenvalue weighted by Gasteiger charge is 2.27. The van der Waals surface area contributed by atoms with Gasteiger partial charge in [-0.3, -0.25) is 0 Å². The highest BCUT2D eigenvalue weighted by atomic mass is 15.1. The molecule has 0 saturated heterocycles. The van der Waals surface area contributed by atoms with Crippen LogP contribution in [0.4, 0.5) is 5.69 Å². The van der Waals surface area contributed by atoms with E-state index in [-0.39, 0.29) is 0 Å². The van der Waals surface area contributed by atoms with Gasteiger partial charge in [-0.2, -0.15) is 10.5 Å². The molecule has 0 atom stereocenters. The summed E-state index contributed by atoms with van der Waals surface area (Å²) in [5.74, 6) is 0. The van der Waals surface area contributed by atoms with Crippen molar-refractivity contribution in [2.75, 3.05) is 18.0 Å². The normalized spacial score (nSPS) is 14.8. The number of hydrogen-bond donors (Lipinski definition) is 0. The molecule has 0 aliphatic carbocycles. The van der Waals surface area contributed by atoms with E-state index in [1.165, 1.54) is 28.0 Å². The number of fused-ring (bicyclic) bond motifs is 2. The van der Waals surface area contributed by atoms with E-state index in [1.807, 2.05) is 43.3 Å². The molecule has 4 aromatic rings. The third-order valence-corrected chi connectivity index (χ3v) is 7.57. The fraction of sp³-hybridized carbons (Fsp3) is 0.152. The molecular formula is C33H25N3. The number of rotatable bonds is 2. The SMILES string of the molecule is C=C1CCN2CCC(=C)c3cc(C=Cc4ccc5c(C#N)c6cc(C)ccc6c(C#N)c5c4)cc1c32. The molecule has 0 unspecified atom stereocenters. The van der Waals surface area contributed by atoms with Gasteiger partial charge < -0.3 is 4.90 Å². The summed E-state index contributed by atoms with van der Waals surface area (Å²) in [7, 11) is 0. The van der Waals surface area contributed by atoms with Crippen molar-refractivity contribution in [1.82, 2.24) is 0 Å². The third-order valence-electron chi connectivity index (χ3n) is 7.57. The van der Waals surface area contributed by atoms with E-state index in [0.717, 1.165) is 64.2 Å². The molecule has 0 spiro atoms. The Bertz CT molecular complexity index is 1710. The van der Waals surface area contributed by atoms with Crippen LogP contribution in [0, 0.1) is 29.6 Å². The van der Waals surface area contributed by atoms with E-state index >= 15 is 0 Å². The Labute approximate surface area is 211 Å². The van der Waals surface area contributed by atoms with Gasteiger partial charge in [-0.05, 0) is 60.2 Å². The van der Waals surface area contributed by atoms with Crippen LogP contribution in [-0.2, 0) is 0 Å². The van der Waals surface area contributed by atoms with Crippen LogP contribution in [-0.4, -0.2) is 13.1 Å². The minimum Gasteiger partial charge on any atom is -0.370 e. The first-order chi connectivity index (χ1) is 17.5. The van der Waals surface area contributed by atoms with Crippen LogP contribution in [0.25, 0.3) is 44.8 Å². The van der Waals surface area contributed by atoms with Crippen molar-refractivity contribution in [3.63, 3.8) is 0 Å². The van der Waals surface area contributed by atoms with E-state index in [1.54, 1.807) is 0 Å². The molecule has 0 aromatic heterocycles. The molecule has 0 fully saturated rings. The second kappa shape index (κ2) is 8.26. The second-order valence-corrected chi connectivity index (χ2v) is 9.82. The Hall–Kier alpha value is -4.60. The minimum absolute atomic E-state index is 0.611. The lowest BCUT2D eigenvalue weighted by molar-refractivity contribution is 0.766. The van der Waals surface area contributed by atoms with Gasteiger partial charge in [0.25, 0.3) is 0 Å². The van der Waals surface area contributed by atoms with Crippen molar-refractivity contribution in [2.45, 2.75) is 19.8 Å². The lowest BCUT2D eigenvalue weighted by Crippen LogP contribution is -2.33. The molecular weight excluding hydrogens is 438 g/mol. The molecule has 172 valence electrons. The third kappa shape index (κ3) is 3.33. The van der Waals surface area contributed by atoms with Crippen LogP contribution in [0.15, 0.2) is 61.7 Å². The average Bonchev–Trinajstić information content (AvgIpc) is 2.89. The summed E-state index contributed by atoms with van der Waals surface area (Å²) in [5, 5.41) is 23.3. The zero-order chi connectivity index (χ0) is 25.0. The van der Waals surface area contributed by atoms with Gasteiger partial charge in [0.15, 0.2) is 0 Å². The summed E-state index contributed by atoms with van der Waals surface area (Å²) < 4.78 is 0. The maximum atomic E-state index is 10.0. The van der Waals surface area contributed by atoms with Crippen LogP contribution in [0.5, 0.6) is 0 Å². The van der Waals surface area contributed by atoms with E-state index in [4.69, 9.17) is 0 Å². The molecule has 3 heteroatoms. The minimum atomic E-state index is 0.611. The summed E-state index contributed by atoms with van der Waals surface area (Å²) in [6, 6.07) is 21.2. The summed E-state index contributed by atoms with van der Waals surface area (Å²) in [6.07, 6.45) is 6.17. The number of benzene rings is 4. The van der Waals surface area contributed by atoms with Crippen molar-refractivity contribution in [2.24, 2.45) is 0 Å². The van der Waals surface area contributed by atoms with Gasteiger partial charge in [0.05, 0.1) is 16.8 Å². The average molecular weight is 464 g/mol. The van der Waals surface area contributed by atoms with Gasteiger partial charge in [-0.15, -0.1) is 0 Å². The van der Waals surface area contributed by atoms with Crippen LogP contribution in [0.3, 0.4) is 0 Å². The predicted octanol–water partition coefficient (Wildman–Crippen LogP) is 7.86.